The lowest BCUT2D eigenvalue weighted by atomic mass is 10.1. The summed E-state index contributed by atoms with van der Waals surface area (Å²) in [6, 6.07) is 5.35. The molecule has 0 bridgehead atoms. The standard InChI is InChI=1S/C16H28N4/c1-6-17-13(3)14-7-8-16(18-9-14)20-10-12(2)15(11-20)19(4)5/h7-9,12-13,15,17H,6,10-11H2,1-5H3. The Morgan fingerprint density at radius 3 is 2.65 bits per heavy atom. The molecule has 2 heterocycles. The average molecular weight is 276 g/mol. The third-order valence-corrected chi connectivity index (χ3v) is 4.34. The van der Waals surface area contributed by atoms with Crippen LogP contribution in [-0.4, -0.2) is 49.7 Å². The van der Waals surface area contributed by atoms with E-state index in [1.807, 2.05) is 6.20 Å². The zero-order chi connectivity index (χ0) is 14.7. The van der Waals surface area contributed by atoms with Crippen molar-refractivity contribution in [1.29, 1.82) is 0 Å². The van der Waals surface area contributed by atoms with Crippen molar-refractivity contribution in [2.24, 2.45) is 5.92 Å². The third-order valence-electron chi connectivity index (χ3n) is 4.34. The Morgan fingerprint density at radius 2 is 2.15 bits per heavy atom. The Bertz CT molecular complexity index is 415. The zero-order valence-electron chi connectivity index (χ0n) is 13.4. The number of pyridine rings is 1. The maximum absolute atomic E-state index is 4.66. The van der Waals surface area contributed by atoms with Crippen LogP contribution >= 0.6 is 0 Å². The first-order chi connectivity index (χ1) is 9.52. The molecular weight excluding hydrogens is 248 g/mol. The fraction of sp³-hybridized carbons (Fsp3) is 0.688. The molecule has 0 saturated carbocycles. The molecule has 4 nitrogen and oxygen atoms in total. The fourth-order valence-corrected chi connectivity index (χ4v) is 3.07. The first-order valence-corrected chi connectivity index (χ1v) is 7.63. The number of hydrogen-bond donors (Lipinski definition) is 1. The Hall–Kier alpha value is -1.13. The summed E-state index contributed by atoms with van der Waals surface area (Å²) in [6.07, 6.45) is 2.01. The quantitative estimate of drug-likeness (QED) is 0.893. The largest absolute Gasteiger partial charge is 0.355 e. The highest BCUT2D eigenvalue weighted by Gasteiger charge is 2.31. The molecule has 3 unspecified atom stereocenters. The van der Waals surface area contributed by atoms with Crippen LogP contribution in [0.3, 0.4) is 0 Å². The second-order valence-electron chi connectivity index (χ2n) is 6.14. The second-order valence-corrected chi connectivity index (χ2v) is 6.14. The van der Waals surface area contributed by atoms with Crippen molar-refractivity contribution in [1.82, 2.24) is 15.2 Å². The molecule has 3 atom stereocenters. The fourth-order valence-electron chi connectivity index (χ4n) is 3.07. The zero-order valence-corrected chi connectivity index (χ0v) is 13.4. The molecule has 0 aliphatic carbocycles. The highest BCUT2D eigenvalue weighted by Crippen LogP contribution is 2.25. The minimum atomic E-state index is 0.369. The summed E-state index contributed by atoms with van der Waals surface area (Å²) in [7, 11) is 4.33. The molecule has 1 N–H and O–H groups in total. The molecule has 0 amide bonds. The minimum Gasteiger partial charge on any atom is -0.355 e. The molecule has 112 valence electrons. The number of anilines is 1. The van der Waals surface area contributed by atoms with Crippen molar-refractivity contribution in [3.8, 4) is 0 Å². The number of nitrogens with one attached hydrogen (secondary N) is 1. The van der Waals surface area contributed by atoms with Crippen LogP contribution in [0.15, 0.2) is 18.3 Å². The van der Waals surface area contributed by atoms with Gasteiger partial charge < -0.3 is 15.1 Å². The maximum atomic E-state index is 4.66. The van der Waals surface area contributed by atoms with E-state index in [9.17, 15) is 0 Å². The molecule has 1 aromatic rings. The highest BCUT2D eigenvalue weighted by atomic mass is 15.3. The average Bonchev–Trinajstić information content (AvgIpc) is 2.81. The number of aromatic nitrogens is 1. The molecule has 1 aliphatic heterocycles. The van der Waals surface area contributed by atoms with E-state index in [-0.39, 0.29) is 0 Å². The number of likely N-dealkylation sites (N-methyl/N-ethyl adjacent to an activating group) is 1. The van der Waals surface area contributed by atoms with Gasteiger partial charge in [-0.15, -0.1) is 0 Å². The van der Waals surface area contributed by atoms with Crippen molar-refractivity contribution in [3.05, 3.63) is 23.9 Å². The van der Waals surface area contributed by atoms with Crippen LogP contribution in [0.2, 0.25) is 0 Å². The maximum Gasteiger partial charge on any atom is 0.128 e. The van der Waals surface area contributed by atoms with Crippen molar-refractivity contribution in [3.63, 3.8) is 0 Å². The van der Waals surface area contributed by atoms with Crippen LogP contribution in [0.4, 0.5) is 5.82 Å². The number of hydrogen-bond acceptors (Lipinski definition) is 4. The molecule has 20 heavy (non-hydrogen) atoms. The molecule has 1 aromatic heterocycles. The normalized spacial score (nSPS) is 24.4. The topological polar surface area (TPSA) is 31.4 Å². The summed E-state index contributed by atoms with van der Waals surface area (Å²) in [5.74, 6) is 1.79. The number of rotatable bonds is 5. The molecule has 0 aromatic carbocycles. The van der Waals surface area contributed by atoms with Gasteiger partial charge in [0, 0.05) is 31.4 Å². The molecule has 0 radical (unpaired) electrons. The third kappa shape index (κ3) is 3.30. The summed E-state index contributed by atoms with van der Waals surface area (Å²) in [5, 5.41) is 3.42. The van der Waals surface area contributed by atoms with E-state index >= 15 is 0 Å². The summed E-state index contributed by atoms with van der Waals surface area (Å²) >= 11 is 0. The van der Waals surface area contributed by atoms with Crippen LogP contribution in [0.25, 0.3) is 0 Å². The minimum absolute atomic E-state index is 0.369. The van der Waals surface area contributed by atoms with Gasteiger partial charge in [-0.3, -0.25) is 0 Å². The van der Waals surface area contributed by atoms with Gasteiger partial charge in [-0.2, -0.15) is 0 Å². The smallest absolute Gasteiger partial charge is 0.128 e. The van der Waals surface area contributed by atoms with Gasteiger partial charge in [0.1, 0.15) is 5.82 Å². The van der Waals surface area contributed by atoms with Crippen molar-refractivity contribution < 1.29 is 0 Å². The molecule has 2 rings (SSSR count). The van der Waals surface area contributed by atoms with E-state index in [2.05, 4.69) is 67.1 Å². The lowest BCUT2D eigenvalue weighted by Gasteiger charge is -2.22. The molecule has 1 fully saturated rings. The Balaban J connectivity index is 2.04. The van der Waals surface area contributed by atoms with E-state index in [1.165, 1.54) is 5.56 Å². The van der Waals surface area contributed by atoms with E-state index in [0.29, 0.717) is 18.0 Å². The van der Waals surface area contributed by atoms with Gasteiger partial charge in [0.2, 0.25) is 0 Å². The number of nitrogens with zero attached hydrogens (tertiary/aromatic N) is 3. The predicted octanol–water partition coefficient (Wildman–Crippen LogP) is 2.14. The summed E-state index contributed by atoms with van der Waals surface area (Å²) in [4.78, 5) is 9.39. The van der Waals surface area contributed by atoms with E-state index < -0.39 is 0 Å². The Kier molecular flexibility index (Phi) is 5.00. The van der Waals surface area contributed by atoms with E-state index in [4.69, 9.17) is 0 Å². The van der Waals surface area contributed by atoms with Crippen molar-refractivity contribution in [2.75, 3.05) is 38.6 Å². The lowest BCUT2D eigenvalue weighted by molar-refractivity contribution is 0.266. The summed E-state index contributed by atoms with van der Waals surface area (Å²) in [5.41, 5.74) is 1.26. The monoisotopic (exact) mass is 276 g/mol. The summed E-state index contributed by atoms with van der Waals surface area (Å²) in [6.45, 7) is 9.79. The second kappa shape index (κ2) is 6.55. The Labute approximate surface area is 123 Å². The lowest BCUT2D eigenvalue weighted by Crippen LogP contribution is -2.34. The molecular formula is C16H28N4. The highest BCUT2D eigenvalue weighted by molar-refractivity contribution is 5.41. The molecule has 1 saturated heterocycles. The van der Waals surface area contributed by atoms with Crippen LogP contribution in [-0.2, 0) is 0 Å². The van der Waals surface area contributed by atoms with Crippen molar-refractivity contribution >= 4 is 5.82 Å². The van der Waals surface area contributed by atoms with E-state index in [1.54, 1.807) is 0 Å². The molecule has 0 spiro atoms. The molecule has 4 heteroatoms. The first-order valence-electron chi connectivity index (χ1n) is 7.63. The van der Waals surface area contributed by atoms with Gasteiger partial charge in [-0.25, -0.2) is 4.98 Å². The van der Waals surface area contributed by atoms with Gasteiger partial charge in [-0.1, -0.05) is 19.9 Å². The molecule has 1 aliphatic rings. The van der Waals surface area contributed by atoms with Gasteiger partial charge in [0.05, 0.1) is 0 Å². The van der Waals surface area contributed by atoms with E-state index in [0.717, 1.165) is 25.5 Å². The SMILES string of the molecule is CCNC(C)c1ccc(N2CC(C)C(N(C)C)C2)nc1. The summed E-state index contributed by atoms with van der Waals surface area (Å²) < 4.78 is 0. The van der Waals surface area contributed by atoms with Gasteiger partial charge in [0.25, 0.3) is 0 Å². The van der Waals surface area contributed by atoms with Crippen LogP contribution < -0.4 is 10.2 Å². The van der Waals surface area contributed by atoms with Gasteiger partial charge in [0.15, 0.2) is 0 Å². The Morgan fingerprint density at radius 1 is 1.40 bits per heavy atom. The first kappa shape index (κ1) is 15.3. The van der Waals surface area contributed by atoms with Gasteiger partial charge >= 0.3 is 0 Å². The van der Waals surface area contributed by atoms with Crippen LogP contribution in [0.1, 0.15) is 32.4 Å². The predicted molar refractivity (Wildman–Crippen MR) is 85.2 cm³/mol. The van der Waals surface area contributed by atoms with Gasteiger partial charge in [-0.05, 0) is 45.1 Å². The van der Waals surface area contributed by atoms with Crippen LogP contribution in [0, 0.1) is 5.92 Å². The van der Waals surface area contributed by atoms with Crippen LogP contribution in [0.5, 0.6) is 0 Å². The van der Waals surface area contributed by atoms with Crippen molar-refractivity contribution in [2.45, 2.75) is 32.9 Å².